The van der Waals surface area contributed by atoms with Crippen molar-refractivity contribution in [2.75, 3.05) is 6.61 Å². The second-order valence-corrected chi connectivity index (χ2v) is 6.64. The quantitative estimate of drug-likeness (QED) is 0.807. The molecule has 0 saturated carbocycles. The standard InChI is InChI=1S/C17H28N2O4/c1-7-19-11(2)10-13(12(19)3)15(20)18-14(16(21)22)8-9-23-17(4,5)6/h10,14H,7-9H2,1-6H3,(H,18,20)(H,21,22). The number of aliphatic carboxylic acids is 1. The highest BCUT2D eigenvalue weighted by Crippen LogP contribution is 2.15. The number of hydrogen-bond acceptors (Lipinski definition) is 3. The summed E-state index contributed by atoms with van der Waals surface area (Å²) in [6.07, 6.45) is 0.227. The molecular formula is C17H28N2O4. The summed E-state index contributed by atoms with van der Waals surface area (Å²) in [5.74, 6) is -1.42. The summed E-state index contributed by atoms with van der Waals surface area (Å²) >= 11 is 0. The Morgan fingerprint density at radius 1 is 1.35 bits per heavy atom. The van der Waals surface area contributed by atoms with E-state index in [-0.39, 0.29) is 24.5 Å². The van der Waals surface area contributed by atoms with E-state index in [0.29, 0.717) is 5.56 Å². The molecule has 1 atom stereocenters. The maximum absolute atomic E-state index is 12.4. The predicted molar refractivity (Wildman–Crippen MR) is 88.8 cm³/mol. The first-order valence-electron chi connectivity index (χ1n) is 7.91. The van der Waals surface area contributed by atoms with E-state index in [4.69, 9.17) is 4.74 Å². The Morgan fingerprint density at radius 2 is 1.96 bits per heavy atom. The fourth-order valence-corrected chi connectivity index (χ4v) is 2.49. The normalized spacial score (nSPS) is 13.0. The molecule has 1 heterocycles. The molecule has 1 aromatic rings. The fraction of sp³-hybridized carbons (Fsp3) is 0.647. The van der Waals surface area contributed by atoms with Crippen LogP contribution in [0.25, 0.3) is 0 Å². The maximum Gasteiger partial charge on any atom is 0.326 e. The van der Waals surface area contributed by atoms with Crippen LogP contribution < -0.4 is 5.32 Å². The van der Waals surface area contributed by atoms with Gasteiger partial charge in [0, 0.05) is 31.0 Å². The van der Waals surface area contributed by atoms with E-state index >= 15 is 0 Å². The van der Waals surface area contributed by atoms with Crippen molar-refractivity contribution < 1.29 is 19.4 Å². The van der Waals surface area contributed by atoms with Gasteiger partial charge in [0.1, 0.15) is 6.04 Å². The molecule has 23 heavy (non-hydrogen) atoms. The van der Waals surface area contributed by atoms with E-state index in [2.05, 4.69) is 5.32 Å². The van der Waals surface area contributed by atoms with Gasteiger partial charge < -0.3 is 19.7 Å². The number of carbonyl (C=O) groups excluding carboxylic acids is 1. The van der Waals surface area contributed by atoms with Crippen molar-refractivity contribution in [2.24, 2.45) is 0 Å². The molecule has 0 bridgehead atoms. The smallest absolute Gasteiger partial charge is 0.326 e. The lowest BCUT2D eigenvalue weighted by Gasteiger charge is -2.21. The zero-order chi connectivity index (χ0) is 17.8. The monoisotopic (exact) mass is 324 g/mol. The summed E-state index contributed by atoms with van der Waals surface area (Å²) in [4.78, 5) is 23.8. The molecule has 0 saturated heterocycles. The maximum atomic E-state index is 12.4. The van der Waals surface area contributed by atoms with E-state index in [9.17, 15) is 14.7 Å². The summed E-state index contributed by atoms with van der Waals surface area (Å²) < 4.78 is 7.56. The molecule has 0 aliphatic rings. The molecule has 6 heteroatoms. The van der Waals surface area contributed by atoms with Crippen LogP contribution in [0.4, 0.5) is 0 Å². The molecule has 0 radical (unpaired) electrons. The average molecular weight is 324 g/mol. The van der Waals surface area contributed by atoms with Crippen LogP contribution in [0.3, 0.4) is 0 Å². The minimum atomic E-state index is -1.06. The third kappa shape index (κ3) is 5.39. The molecule has 0 spiro atoms. The van der Waals surface area contributed by atoms with Crippen LogP contribution >= 0.6 is 0 Å². The van der Waals surface area contributed by atoms with Gasteiger partial charge in [0.15, 0.2) is 0 Å². The Hall–Kier alpha value is -1.82. The molecule has 2 N–H and O–H groups in total. The average Bonchev–Trinajstić information content (AvgIpc) is 2.70. The number of carbonyl (C=O) groups is 2. The van der Waals surface area contributed by atoms with Crippen LogP contribution in [-0.4, -0.2) is 39.8 Å². The van der Waals surface area contributed by atoms with Crippen LogP contribution in [0.5, 0.6) is 0 Å². The van der Waals surface area contributed by atoms with Crippen LogP contribution in [-0.2, 0) is 16.1 Å². The van der Waals surface area contributed by atoms with E-state index in [1.54, 1.807) is 6.07 Å². The number of carboxylic acids is 1. The second-order valence-electron chi connectivity index (χ2n) is 6.64. The highest BCUT2D eigenvalue weighted by atomic mass is 16.5. The Labute approximate surface area is 137 Å². The van der Waals surface area contributed by atoms with E-state index in [0.717, 1.165) is 17.9 Å². The van der Waals surface area contributed by atoms with Gasteiger partial charge in [-0.3, -0.25) is 4.79 Å². The molecule has 130 valence electrons. The SMILES string of the molecule is CCn1c(C)cc(C(=O)NC(CCOC(C)(C)C)C(=O)O)c1C. The van der Waals surface area contributed by atoms with Gasteiger partial charge >= 0.3 is 5.97 Å². The number of rotatable bonds is 7. The number of carboxylic acid groups (broad SMARTS) is 1. The van der Waals surface area contributed by atoms with Crippen LogP contribution in [0.1, 0.15) is 55.9 Å². The molecule has 0 aliphatic heterocycles. The van der Waals surface area contributed by atoms with Crippen molar-refractivity contribution in [2.45, 2.75) is 66.2 Å². The third-order valence-corrected chi connectivity index (χ3v) is 3.68. The molecule has 0 aromatic carbocycles. The fourth-order valence-electron chi connectivity index (χ4n) is 2.49. The Bertz CT molecular complexity index is 570. The van der Waals surface area contributed by atoms with E-state index in [1.807, 2.05) is 46.1 Å². The molecule has 1 amide bonds. The number of aryl methyl sites for hydroxylation is 1. The molecule has 6 nitrogen and oxygen atoms in total. The van der Waals surface area contributed by atoms with Gasteiger partial charge in [-0.05, 0) is 47.6 Å². The van der Waals surface area contributed by atoms with Crippen molar-refractivity contribution in [3.63, 3.8) is 0 Å². The van der Waals surface area contributed by atoms with Gasteiger partial charge in [0.05, 0.1) is 11.2 Å². The van der Waals surface area contributed by atoms with Gasteiger partial charge in [0.2, 0.25) is 0 Å². The zero-order valence-electron chi connectivity index (χ0n) is 14.9. The summed E-state index contributed by atoms with van der Waals surface area (Å²) in [6.45, 7) is 12.6. The molecule has 1 unspecified atom stereocenters. The van der Waals surface area contributed by atoms with E-state index < -0.39 is 12.0 Å². The number of aromatic nitrogens is 1. The summed E-state index contributed by atoms with van der Waals surface area (Å²) in [5, 5.41) is 11.9. The van der Waals surface area contributed by atoms with Gasteiger partial charge in [-0.1, -0.05) is 0 Å². The first-order chi connectivity index (χ1) is 10.6. The zero-order valence-corrected chi connectivity index (χ0v) is 14.9. The number of nitrogens with zero attached hydrogens (tertiary/aromatic N) is 1. The first kappa shape index (κ1) is 19.2. The Balaban J connectivity index is 2.77. The summed E-state index contributed by atoms with van der Waals surface area (Å²) in [5.41, 5.74) is 2.02. The van der Waals surface area contributed by atoms with Crippen molar-refractivity contribution in [1.82, 2.24) is 9.88 Å². The van der Waals surface area contributed by atoms with Gasteiger partial charge in [-0.2, -0.15) is 0 Å². The Morgan fingerprint density at radius 3 is 2.39 bits per heavy atom. The topological polar surface area (TPSA) is 80.6 Å². The van der Waals surface area contributed by atoms with Crippen molar-refractivity contribution >= 4 is 11.9 Å². The minimum Gasteiger partial charge on any atom is -0.480 e. The summed E-state index contributed by atoms with van der Waals surface area (Å²) in [6, 6.07) is 0.827. The Kier molecular flexibility index (Phi) is 6.38. The number of nitrogens with one attached hydrogen (secondary N) is 1. The van der Waals surface area contributed by atoms with E-state index in [1.165, 1.54) is 0 Å². The lowest BCUT2D eigenvalue weighted by atomic mass is 10.1. The van der Waals surface area contributed by atoms with Gasteiger partial charge in [-0.25, -0.2) is 4.79 Å². The van der Waals surface area contributed by atoms with Crippen molar-refractivity contribution in [1.29, 1.82) is 0 Å². The lowest BCUT2D eigenvalue weighted by molar-refractivity contribution is -0.140. The van der Waals surface area contributed by atoms with Crippen LogP contribution in [0.15, 0.2) is 6.07 Å². The second kappa shape index (κ2) is 7.64. The number of ether oxygens (including phenoxy) is 1. The van der Waals surface area contributed by atoms with Gasteiger partial charge in [-0.15, -0.1) is 0 Å². The van der Waals surface area contributed by atoms with Gasteiger partial charge in [0.25, 0.3) is 5.91 Å². The number of hydrogen-bond donors (Lipinski definition) is 2. The highest BCUT2D eigenvalue weighted by Gasteiger charge is 2.23. The van der Waals surface area contributed by atoms with Crippen LogP contribution in [0.2, 0.25) is 0 Å². The molecular weight excluding hydrogens is 296 g/mol. The summed E-state index contributed by atoms with van der Waals surface area (Å²) in [7, 11) is 0. The molecule has 1 aromatic heterocycles. The molecule has 1 rings (SSSR count). The highest BCUT2D eigenvalue weighted by molar-refractivity contribution is 5.97. The first-order valence-corrected chi connectivity index (χ1v) is 7.91. The third-order valence-electron chi connectivity index (χ3n) is 3.68. The lowest BCUT2D eigenvalue weighted by Crippen LogP contribution is -2.42. The minimum absolute atomic E-state index is 0.227. The predicted octanol–water partition coefficient (Wildman–Crippen LogP) is 2.51. The molecule has 0 aliphatic carbocycles. The van der Waals surface area contributed by atoms with Crippen molar-refractivity contribution in [3.05, 3.63) is 23.0 Å². The molecule has 0 fully saturated rings. The largest absolute Gasteiger partial charge is 0.480 e. The number of amides is 1. The van der Waals surface area contributed by atoms with Crippen molar-refractivity contribution in [3.8, 4) is 0 Å². The van der Waals surface area contributed by atoms with Crippen LogP contribution in [0, 0.1) is 13.8 Å².